The molecular weight excluding hydrogens is 404 g/mol. The molecule has 0 spiro atoms. The lowest BCUT2D eigenvalue weighted by atomic mass is 10.2. The number of hydrogen-bond donors (Lipinski definition) is 0. The molecule has 0 atom stereocenters. The van der Waals surface area contributed by atoms with Gasteiger partial charge in [-0.05, 0) is 11.4 Å². The molecule has 1 aliphatic heterocycles. The number of rotatable bonds is 4. The number of piperazine rings is 1. The van der Waals surface area contributed by atoms with Gasteiger partial charge in [-0.1, -0.05) is 0 Å². The maximum absolute atomic E-state index is 12.6. The molecule has 5 heterocycles. The predicted octanol–water partition coefficient (Wildman–Crippen LogP) is 0.261. The Hall–Kier alpha value is -3.05. The summed E-state index contributed by atoms with van der Waals surface area (Å²) in [5.41, 5.74) is 0.229. The van der Waals surface area contributed by atoms with Gasteiger partial charge in [0.1, 0.15) is 17.0 Å². The van der Waals surface area contributed by atoms with Gasteiger partial charge in [-0.3, -0.25) is 18.8 Å². The number of nitrogens with zero attached hydrogens (tertiary/aromatic N) is 8. The third-order valence-corrected chi connectivity index (χ3v) is 6.61. The van der Waals surface area contributed by atoms with Crippen LogP contribution in [0.3, 0.4) is 0 Å². The van der Waals surface area contributed by atoms with Gasteiger partial charge >= 0.3 is 5.69 Å². The Morgan fingerprint density at radius 1 is 1.00 bits per heavy atom. The zero-order chi connectivity index (χ0) is 20.8. The van der Waals surface area contributed by atoms with E-state index in [-0.39, 0.29) is 11.2 Å². The third-order valence-electron chi connectivity index (χ3n) is 5.79. The summed E-state index contributed by atoms with van der Waals surface area (Å²) < 4.78 is 4.40. The zero-order valence-corrected chi connectivity index (χ0v) is 17.7. The quantitative estimate of drug-likeness (QED) is 0.462. The van der Waals surface area contributed by atoms with Gasteiger partial charge in [0.25, 0.3) is 5.56 Å². The molecule has 1 fully saturated rings. The molecule has 0 aliphatic carbocycles. The van der Waals surface area contributed by atoms with Gasteiger partial charge in [-0.25, -0.2) is 19.7 Å². The molecule has 4 aromatic heterocycles. The van der Waals surface area contributed by atoms with E-state index in [1.54, 1.807) is 31.0 Å². The van der Waals surface area contributed by atoms with Gasteiger partial charge in [-0.15, -0.1) is 11.3 Å². The van der Waals surface area contributed by atoms with Crippen LogP contribution in [0.5, 0.6) is 0 Å². The Labute approximate surface area is 175 Å². The molecule has 0 saturated carbocycles. The fraction of sp³-hybridized carbons (Fsp3) is 0.421. The first-order valence-corrected chi connectivity index (χ1v) is 10.7. The average Bonchev–Trinajstić information content (AvgIpc) is 3.42. The Morgan fingerprint density at radius 3 is 2.60 bits per heavy atom. The van der Waals surface area contributed by atoms with Crippen molar-refractivity contribution in [1.82, 2.24) is 33.6 Å². The van der Waals surface area contributed by atoms with Gasteiger partial charge < -0.3 is 9.47 Å². The Bertz CT molecular complexity index is 1340. The van der Waals surface area contributed by atoms with Crippen LogP contribution in [0.15, 0.2) is 33.7 Å². The lowest BCUT2D eigenvalue weighted by molar-refractivity contribution is 0.248. The number of aromatic nitrogens is 6. The topological polar surface area (TPSA) is 94.1 Å². The lowest BCUT2D eigenvalue weighted by Gasteiger charge is -2.35. The maximum Gasteiger partial charge on any atom is 0.332 e. The van der Waals surface area contributed by atoms with E-state index < -0.39 is 0 Å². The Balaban J connectivity index is 1.29. The standard InChI is InChI=1S/C19H22N8O2S/c1-23-16-14(18(28)24(2)19(23)29)27(12-22-16)9-6-25-4-7-26(8-5-25)15-13-3-10-30-17(13)21-11-20-15/h3,10-12H,4-9H2,1-2H3. The molecule has 10 nitrogen and oxygen atoms in total. The number of imidazole rings is 1. The lowest BCUT2D eigenvalue weighted by Crippen LogP contribution is -2.47. The van der Waals surface area contributed by atoms with Gasteiger partial charge in [0.05, 0.1) is 11.7 Å². The molecule has 11 heteroatoms. The Morgan fingerprint density at radius 2 is 1.80 bits per heavy atom. The first-order valence-electron chi connectivity index (χ1n) is 9.81. The predicted molar refractivity (Wildman–Crippen MR) is 116 cm³/mol. The van der Waals surface area contributed by atoms with Crippen molar-refractivity contribution in [3.8, 4) is 0 Å². The van der Waals surface area contributed by atoms with Crippen LogP contribution in [0.1, 0.15) is 0 Å². The maximum atomic E-state index is 12.6. The van der Waals surface area contributed by atoms with Crippen LogP contribution >= 0.6 is 11.3 Å². The van der Waals surface area contributed by atoms with E-state index in [4.69, 9.17) is 0 Å². The van der Waals surface area contributed by atoms with Crippen molar-refractivity contribution < 1.29 is 0 Å². The molecule has 1 aliphatic rings. The minimum atomic E-state index is -0.363. The van der Waals surface area contributed by atoms with E-state index in [0.717, 1.165) is 53.3 Å². The molecule has 1 saturated heterocycles. The van der Waals surface area contributed by atoms with Crippen molar-refractivity contribution in [1.29, 1.82) is 0 Å². The van der Waals surface area contributed by atoms with E-state index >= 15 is 0 Å². The van der Waals surface area contributed by atoms with E-state index in [1.165, 1.54) is 11.6 Å². The molecule has 0 bridgehead atoms. The number of anilines is 1. The average molecular weight is 427 g/mol. The summed E-state index contributed by atoms with van der Waals surface area (Å²) in [6, 6.07) is 2.08. The van der Waals surface area contributed by atoms with Gasteiger partial charge in [0.15, 0.2) is 11.2 Å². The second kappa shape index (κ2) is 7.33. The smallest absolute Gasteiger partial charge is 0.332 e. The monoisotopic (exact) mass is 426 g/mol. The van der Waals surface area contributed by atoms with Crippen molar-refractivity contribution in [3.63, 3.8) is 0 Å². The van der Waals surface area contributed by atoms with Gasteiger partial charge in [-0.2, -0.15) is 0 Å². The first-order chi connectivity index (χ1) is 14.5. The van der Waals surface area contributed by atoms with Crippen molar-refractivity contribution in [2.75, 3.05) is 37.6 Å². The largest absolute Gasteiger partial charge is 0.353 e. The normalized spacial score (nSPS) is 15.5. The zero-order valence-electron chi connectivity index (χ0n) is 16.9. The summed E-state index contributed by atoms with van der Waals surface area (Å²) in [5, 5.41) is 3.16. The summed E-state index contributed by atoms with van der Waals surface area (Å²) in [4.78, 5) is 43.5. The second-order valence-corrected chi connectivity index (χ2v) is 8.38. The summed E-state index contributed by atoms with van der Waals surface area (Å²) in [6.45, 7) is 5.07. The van der Waals surface area contributed by atoms with E-state index in [9.17, 15) is 9.59 Å². The fourth-order valence-electron chi connectivity index (χ4n) is 4.03. The highest BCUT2D eigenvalue weighted by Gasteiger charge is 2.21. The summed E-state index contributed by atoms with van der Waals surface area (Å²) >= 11 is 1.63. The van der Waals surface area contributed by atoms with Gasteiger partial charge in [0, 0.05) is 53.4 Å². The molecule has 0 N–H and O–H groups in total. The van der Waals surface area contributed by atoms with Crippen LogP contribution < -0.4 is 16.1 Å². The number of fused-ring (bicyclic) bond motifs is 2. The van der Waals surface area contributed by atoms with Crippen molar-refractivity contribution >= 4 is 38.5 Å². The molecule has 30 heavy (non-hydrogen) atoms. The SMILES string of the molecule is Cn1c(=O)c2c(ncn2CCN2CCN(c3ncnc4sccc34)CC2)n(C)c1=O. The minimum absolute atomic E-state index is 0.307. The minimum Gasteiger partial charge on any atom is -0.353 e. The van der Waals surface area contributed by atoms with Crippen LogP contribution in [0.25, 0.3) is 21.4 Å². The molecule has 5 rings (SSSR count). The highest BCUT2D eigenvalue weighted by molar-refractivity contribution is 7.16. The number of hydrogen-bond acceptors (Lipinski definition) is 8. The van der Waals surface area contributed by atoms with E-state index in [0.29, 0.717) is 17.7 Å². The highest BCUT2D eigenvalue weighted by Crippen LogP contribution is 2.27. The van der Waals surface area contributed by atoms with E-state index in [1.807, 2.05) is 4.57 Å². The highest BCUT2D eigenvalue weighted by atomic mass is 32.1. The molecule has 0 unspecified atom stereocenters. The summed E-state index contributed by atoms with van der Waals surface area (Å²) in [6.07, 6.45) is 3.29. The van der Waals surface area contributed by atoms with Crippen molar-refractivity contribution in [2.24, 2.45) is 14.1 Å². The number of aryl methyl sites for hydroxylation is 1. The molecule has 0 amide bonds. The van der Waals surface area contributed by atoms with E-state index in [2.05, 4.69) is 36.2 Å². The van der Waals surface area contributed by atoms with Crippen LogP contribution in [-0.2, 0) is 20.6 Å². The molecule has 156 valence electrons. The van der Waals surface area contributed by atoms with Crippen LogP contribution in [0.4, 0.5) is 5.82 Å². The van der Waals surface area contributed by atoms with Crippen LogP contribution in [0, 0.1) is 0 Å². The van der Waals surface area contributed by atoms with Crippen LogP contribution in [-0.4, -0.2) is 66.3 Å². The third kappa shape index (κ3) is 3.01. The van der Waals surface area contributed by atoms with Crippen LogP contribution in [0.2, 0.25) is 0 Å². The fourth-order valence-corrected chi connectivity index (χ4v) is 4.76. The van der Waals surface area contributed by atoms with Crippen molar-refractivity contribution in [3.05, 3.63) is 44.9 Å². The summed E-state index contributed by atoms with van der Waals surface area (Å²) in [5.74, 6) is 1.01. The Kier molecular flexibility index (Phi) is 4.63. The number of thiophene rings is 1. The molecule has 0 aromatic carbocycles. The first kappa shape index (κ1) is 18.9. The molecule has 4 aromatic rings. The summed E-state index contributed by atoms with van der Waals surface area (Å²) in [7, 11) is 3.14. The second-order valence-electron chi connectivity index (χ2n) is 7.48. The van der Waals surface area contributed by atoms with Crippen molar-refractivity contribution in [2.45, 2.75) is 6.54 Å². The molecular formula is C19H22N8O2S. The molecule has 0 radical (unpaired) electrons. The van der Waals surface area contributed by atoms with Gasteiger partial charge in [0.2, 0.25) is 0 Å².